The number of halogens is 1. The van der Waals surface area contributed by atoms with Crippen LogP contribution in [-0.4, -0.2) is 19.7 Å². The Hall–Kier alpha value is -1.85. The quantitative estimate of drug-likeness (QED) is 0.533. The maximum absolute atomic E-state index is 6.00. The highest BCUT2D eigenvalue weighted by Crippen LogP contribution is 2.24. The van der Waals surface area contributed by atoms with Gasteiger partial charge in [-0.3, -0.25) is 4.68 Å². The minimum Gasteiger partial charge on any atom is -0.257 e. The molecule has 3 aromatic rings. The normalized spacial score (nSPS) is 10.9. The van der Waals surface area contributed by atoms with Crippen LogP contribution >= 0.6 is 23.4 Å². The van der Waals surface area contributed by atoms with Crippen LogP contribution < -0.4 is 0 Å². The second kappa shape index (κ2) is 6.50. The van der Waals surface area contributed by atoms with Crippen LogP contribution in [0.15, 0.2) is 47.6 Å². The molecule has 22 heavy (non-hydrogen) atoms. The van der Waals surface area contributed by atoms with Crippen LogP contribution in [-0.2, 0) is 12.8 Å². The fourth-order valence-electron chi connectivity index (χ4n) is 2.07. The van der Waals surface area contributed by atoms with Crippen molar-refractivity contribution in [2.45, 2.75) is 17.8 Å². The number of benzene rings is 1. The van der Waals surface area contributed by atoms with Gasteiger partial charge in [0, 0.05) is 24.1 Å². The molecule has 0 aliphatic heterocycles. The van der Waals surface area contributed by atoms with Gasteiger partial charge in [-0.15, -0.1) is 0 Å². The van der Waals surface area contributed by atoms with Gasteiger partial charge in [0.1, 0.15) is 5.15 Å². The van der Waals surface area contributed by atoms with Gasteiger partial charge in [-0.25, -0.2) is 9.97 Å². The molecule has 4 nitrogen and oxygen atoms in total. The number of aryl methyl sites for hydroxylation is 2. The van der Waals surface area contributed by atoms with E-state index in [2.05, 4.69) is 27.2 Å². The predicted octanol–water partition coefficient (Wildman–Crippen LogP) is 4.13. The molecule has 0 amide bonds. The van der Waals surface area contributed by atoms with Crippen molar-refractivity contribution in [2.75, 3.05) is 0 Å². The summed E-state index contributed by atoms with van der Waals surface area (Å²) in [6, 6.07) is 14.0. The molecule has 112 valence electrons. The second-order valence-electron chi connectivity index (χ2n) is 4.91. The van der Waals surface area contributed by atoms with Gasteiger partial charge in [-0.2, -0.15) is 5.10 Å². The fraction of sp³-hybridized carbons (Fsp3) is 0.188. The van der Waals surface area contributed by atoms with Crippen molar-refractivity contribution in [2.24, 2.45) is 7.05 Å². The van der Waals surface area contributed by atoms with E-state index in [9.17, 15) is 0 Å². The Morgan fingerprint density at radius 3 is 2.59 bits per heavy atom. The topological polar surface area (TPSA) is 43.6 Å². The molecule has 0 fully saturated rings. The molecule has 1 aromatic carbocycles. The number of hydrogen-bond acceptors (Lipinski definition) is 4. The largest absolute Gasteiger partial charge is 0.257 e. The van der Waals surface area contributed by atoms with Crippen LogP contribution in [0.25, 0.3) is 11.3 Å². The summed E-state index contributed by atoms with van der Waals surface area (Å²) < 4.78 is 1.66. The average Bonchev–Trinajstić information content (AvgIpc) is 2.84. The zero-order valence-electron chi connectivity index (χ0n) is 12.3. The van der Waals surface area contributed by atoms with Crippen LogP contribution in [0, 0.1) is 6.92 Å². The lowest BCUT2D eigenvalue weighted by atomic mass is 10.1. The molecular formula is C16H15ClN4S. The Balaban J connectivity index is 1.81. The molecular weight excluding hydrogens is 316 g/mol. The van der Waals surface area contributed by atoms with Crippen molar-refractivity contribution in [3.05, 3.63) is 59.0 Å². The molecule has 0 saturated carbocycles. The first kappa shape index (κ1) is 15.1. The standard InChI is InChI=1S/C16H15ClN4S/c1-11-8-14(12-6-4-3-5-7-12)19-16(18-11)22-10-13-9-15(17)21(2)20-13/h3-9H,10H2,1-2H3. The third kappa shape index (κ3) is 3.48. The van der Waals surface area contributed by atoms with E-state index in [4.69, 9.17) is 11.6 Å². The second-order valence-corrected chi connectivity index (χ2v) is 6.24. The maximum atomic E-state index is 6.00. The highest BCUT2D eigenvalue weighted by atomic mass is 35.5. The lowest BCUT2D eigenvalue weighted by molar-refractivity contribution is 0.755. The predicted molar refractivity (Wildman–Crippen MR) is 90.0 cm³/mol. The van der Waals surface area contributed by atoms with Crippen LogP contribution in [0.1, 0.15) is 11.4 Å². The molecule has 6 heteroatoms. The van der Waals surface area contributed by atoms with Crippen LogP contribution in [0.5, 0.6) is 0 Å². The summed E-state index contributed by atoms with van der Waals surface area (Å²) in [6.45, 7) is 1.98. The molecule has 0 radical (unpaired) electrons. The molecule has 0 aliphatic carbocycles. The molecule has 0 spiro atoms. The van der Waals surface area contributed by atoms with Crippen molar-refractivity contribution in [1.82, 2.24) is 19.7 Å². The lowest BCUT2D eigenvalue weighted by Gasteiger charge is -2.05. The van der Waals surface area contributed by atoms with E-state index in [1.54, 1.807) is 16.4 Å². The summed E-state index contributed by atoms with van der Waals surface area (Å²) in [5.41, 5.74) is 3.91. The van der Waals surface area contributed by atoms with Gasteiger partial charge in [-0.05, 0) is 19.1 Å². The molecule has 2 heterocycles. The maximum Gasteiger partial charge on any atom is 0.188 e. The van der Waals surface area contributed by atoms with E-state index >= 15 is 0 Å². The summed E-state index contributed by atoms with van der Waals surface area (Å²) >= 11 is 7.56. The van der Waals surface area contributed by atoms with Crippen LogP contribution in [0.3, 0.4) is 0 Å². The van der Waals surface area contributed by atoms with E-state index in [1.807, 2.05) is 44.3 Å². The third-order valence-corrected chi connectivity index (χ3v) is 4.36. The minimum atomic E-state index is 0.630. The van der Waals surface area contributed by atoms with E-state index in [0.717, 1.165) is 27.8 Å². The minimum absolute atomic E-state index is 0.630. The number of aromatic nitrogens is 4. The first-order valence-corrected chi connectivity index (χ1v) is 8.20. The monoisotopic (exact) mass is 330 g/mol. The van der Waals surface area contributed by atoms with Gasteiger partial charge in [0.05, 0.1) is 11.4 Å². The highest BCUT2D eigenvalue weighted by molar-refractivity contribution is 7.98. The van der Waals surface area contributed by atoms with E-state index < -0.39 is 0 Å². The van der Waals surface area contributed by atoms with E-state index in [1.165, 1.54) is 0 Å². The Bertz CT molecular complexity index is 767. The van der Waals surface area contributed by atoms with Crippen LogP contribution in [0.2, 0.25) is 5.15 Å². The van der Waals surface area contributed by atoms with Crippen molar-refractivity contribution in [3.8, 4) is 11.3 Å². The molecule has 0 atom stereocenters. The molecule has 2 aromatic heterocycles. The summed E-state index contributed by atoms with van der Waals surface area (Å²) in [6.07, 6.45) is 0. The first-order chi connectivity index (χ1) is 10.6. The van der Waals surface area contributed by atoms with Gasteiger partial charge in [0.15, 0.2) is 5.16 Å². The number of nitrogens with zero attached hydrogens (tertiary/aromatic N) is 4. The average molecular weight is 331 g/mol. The molecule has 0 unspecified atom stereocenters. The Morgan fingerprint density at radius 1 is 1.14 bits per heavy atom. The van der Waals surface area contributed by atoms with Gasteiger partial charge in [-0.1, -0.05) is 53.7 Å². The highest BCUT2D eigenvalue weighted by Gasteiger charge is 2.08. The molecule has 0 bridgehead atoms. The fourth-order valence-corrected chi connectivity index (χ4v) is 3.03. The summed E-state index contributed by atoms with van der Waals surface area (Å²) in [5.74, 6) is 0.693. The SMILES string of the molecule is Cc1cc(-c2ccccc2)nc(SCc2cc(Cl)n(C)n2)n1. The molecule has 0 N–H and O–H groups in total. The molecule has 0 saturated heterocycles. The van der Waals surface area contributed by atoms with E-state index in [0.29, 0.717) is 10.9 Å². The van der Waals surface area contributed by atoms with Gasteiger partial charge >= 0.3 is 0 Å². The van der Waals surface area contributed by atoms with Gasteiger partial charge in [0.25, 0.3) is 0 Å². The number of thioether (sulfide) groups is 1. The molecule has 0 aliphatic rings. The zero-order chi connectivity index (χ0) is 15.5. The van der Waals surface area contributed by atoms with Crippen LogP contribution in [0.4, 0.5) is 0 Å². The first-order valence-electron chi connectivity index (χ1n) is 6.84. The van der Waals surface area contributed by atoms with Crippen molar-refractivity contribution < 1.29 is 0 Å². The van der Waals surface area contributed by atoms with Gasteiger partial charge < -0.3 is 0 Å². The number of hydrogen-bond donors (Lipinski definition) is 0. The summed E-state index contributed by atoms with van der Waals surface area (Å²) in [5, 5.41) is 5.72. The van der Waals surface area contributed by atoms with Crippen molar-refractivity contribution in [1.29, 1.82) is 0 Å². The van der Waals surface area contributed by atoms with Gasteiger partial charge in [0.2, 0.25) is 0 Å². The third-order valence-electron chi connectivity index (χ3n) is 3.13. The van der Waals surface area contributed by atoms with Crippen molar-refractivity contribution >= 4 is 23.4 Å². The Labute approximate surface area is 138 Å². The Kier molecular flexibility index (Phi) is 4.45. The number of rotatable bonds is 4. The summed E-state index contributed by atoms with van der Waals surface area (Å²) in [7, 11) is 1.83. The lowest BCUT2D eigenvalue weighted by Crippen LogP contribution is -1.95. The summed E-state index contributed by atoms with van der Waals surface area (Å²) in [4.78, 5) is 9.12. The molecule has 3 rings (SSSR count). The zero-order valence-corrected chi connectivity index (χ0v) is 13.9. The van der Waals surface area contributed by atoms with Crippen molar-refractivity contribution in [3.63, 3.8) is 0 Å². The van der Waals surface area contributed by atoms with E-state index in [-0.39, 0.29) is 0 Å². The Morgan fingerprint density at radius 2 is 1.91 bits per heavy atom. The smallest absolute Gasteiger partial charge is 0.188 e.